The maximum atomic E-state index is 12.2. The summed E-state index contributed by atoms with van der Waals surface area (Å²) in [4.78, 5) is 35.5. The van der Waals surface area contributed by atoms with Crippen LogP contribution in [0.2, 0.25) is 0 Å². The lowest BCUT2D eigenvalue weighted by Crippen LogP contribution is -2.47. The second-order valence-corrected chi connectivity index (χ2v) is 4.24. The quantitative estimate of drug-likeness (QED) is 0.648. The van der Waals surface area contributed by atoms with Gasteiger partial charge >= 0.3 is 0 Å². The van der Waals surface area contributed by atoms with Gasteiger partial charge in [0.15, 0.2) is 5.78 Å². The molecular weight excluding hydrogens is 246 g/mol. The predicted octanol–water partition coefficient (Wildman–Crippen LogP) is -0.470. The molecule has 0 heterocycles. The van der Waals surface area contributed by atoms with Gasteiger partial charge in [0, 0.05) is 5.56 Å². The zero-order chi connectivity index (χ0) is 14.4. The van der Waals surface area contributed by atoms with Crippen molar-refractivity contribution in [3.63, 3.8) is 0 Å². The van der Waals surface area contributed by atoms with Crippen LogP contribution in [0.15, 0.2) is 30.3 Å². The Balaban J connectivity index is 2.86. The van der Waals surface area contributed by atoms with Crippen molar-refractivity contribution in [1.29, 1.82) is 0 Å². The number of amides is 2. The van der Waals surface area contributed by atoms with Crippen LogP contribution < -0.4 is 11.5 Å². The normalized spacial score (nSPS) is 12.1. The highest BCUT2D eigenvalue weighted by atomic mass is 16.2. The van der Waals surface area contributed by atoms with Gasteiger partial charge in [-0.2, -0.15) is 0 Å². The second-order valence-electron chi connectivity index (χ2n) is 4.24. The van der Waals surface area contributed by atoms with Gasteiger partial charge in [0.1, 0.15) is 0 Å². The van der Waals surface area contributed by atoms with Crippen LogP contribution in [0.3, 0.4) is 0 Å². The topological polar surface area (TPSA) is 106 Å². The van der Waals surface area contributed by atoms with E-state index in [4.69, 9.17) is 11.5 Å². The Labute approximate surface area is 111 Å². The molecule has 102 valence electrons. The minimum Gasteiger partial charge on any atom is -0.369 e. The first-order chi connectivity index (χ1) is 8.91. The second kappa shape index (κ2) is 6.65. The number of nitrogens with zero attached hydrogens (tertiary/aromatic N) is 1. The van der Waals surface area contributed by atoms with E-state index in [-0.39, 0.29) is 18.9 Å². The summed E-state index contributed by atoms with van der Waals surface area (Å²) < 4.78 is 0. The number of rotatable bonds is 7. The maximum absolute atomic E-state index is 12.2. The van der Waals surface area contributed by atoms with Crippen molar-refractivity contribution in [1.82, 2.24) is 4.90 Å². The Bertz CT molecular complexity index is 457. The largest absolute Gasteiger partial charge is 0.369 e. The fourth-order valence-electron chi connectivity index (χ4n) is 1.74. The molecule has 0 saturated heterocycles. The highest BCUT2D eigenvalue weighted by Gasteiger charge is 2.24. The van der Waals surface area contributed by atoms with Gasteiger partial charge in [-0.15, -0.1) is 0 Å². The van der Waals surface area contributed by atoms with E-state index >= 15 is 0 Å². The Kier molecular flexibility index (Phi) is 5.20. The Hall–Kier alpha value is -2.21. The SMILES string of the molecule is CC(C(=O)c1ccccc1)N(CC(N)=O)CC(N)=O. The van der Waals surface area contributed by atoms with Crippen LogP contribution >= 0.6 is 0 Å². The molecule has 1 unspecified atom stereocenters. The van der Waals surface area contributed by atoms with Gasteiger partial charge in [-0.25, -0.2) is 0 Å². The van der Waals surface area contributed by atoms with E-state index in [2.05, 4.69) is 0 Å². The first-order valence-corrected chi connectivity index (χ1v) is 5.81. The molecule has 0 radical (unpaired) electrons. The highest BCUT2D eigenvalue weighted by molar-refractivity contribution is 6.00. The van der Waals surface area contributed by atoms with Crippen molar-refractivity contribution < 1.29 is 14.4 Å². The molecule has 1 aromatic rings. The van der Waals surface area contributed by atoms with Crippen LogP contribution in [0, 0.1) is 0 Å². The average molecular weight is 263 g/mol. The maximum Gasteiger partial charge on any atom is 0.231 e. The van der Waals surface area contributed by atoms with Crippen LogP contribution in [0.25, 0.3) is 0 Å². The molecule has 4 N–H and O–H groups in total. The lowest BCUT2D eigenvalue weighted by molar-refractivity contribution is -0.122. The van der Waals surface area contributed by atoms with E-state index in [1.54, 1.807) is 37.3 Å². The van der Waals surface area contributed by atoms with Crippen molar-refractivity contribution in [2.45, 2.75) is 13.0 Å². The summed E-state index contributed by atoms with van der Waals surface area (Å²) in [5, 5.41) is 0. The molecule has 1 atom stereocenters. The summed E-state index contributed by atoms with van der Waals surface area (Å²) >= 11 is 0. The van der Waals surface area contributed by atoms with Crippen molar-refractivity contribution in [3.8, 4) is 0 Å². The average Bonchev–Trinajstić information content (AvgIpc) is 2.36. The number of benzene rings is 1. The molecule has 19 heavy (non-hydrogen) atoms. The van der Waals surface area contributed by atoms with Crippen LogP contribution in [0.4, 0.5) is 0 Å². The lowest BCUT2D eigenvalue weighted by atomic mass is 10.0. The number of Topliss-reactive ketones (excluding diaryl/α,β-unsaturated/α-hetero) is 1. The number of primary amides is 2. The summed E-state index contributed by atoms with van der Waals surface area (Å²) in [7, 11) is 0. The van der Waals surface area contributed by atoms with Crippen molar-refractivity contribution >= 4 is 17.6 Å². The first-order valence-electron chi connectivity index (χ1n) is 5.81. The van der Waals surface area contributed by atoms with Gasteiger partial charge < -0.3 is 11.5 Å². The van der Waals surface area contributed by atoms with E-state index in [1.807, 2.05) is 0 Å². The van der Waals surface area contributed by atoms with Crippen molar-refractivity contribution in [2.24, 2.45) is 11.5 Å². The first kappa shape index (κ1) is 14.8. The summed E-state index contributed by atoms with van der Waals surface area (Å²) in [6, 6.07) is 7.98. The summed E-state index contributed by atoms with van der Waals surface area (Å²) in [6.07, 6.45) is 0. The van der Waals surface area contributed by atoms with Crippen LogP contribution in [-0.2, 0) is 9.59 Å². The zero-order valence-corrected chi connectivity index (χ0v) is 10.7. The van der Waals surface area contributed by atoms with E-state index < -0.39 is 17.9 Å². The molecule has 1 aromatic carbocycles. The Morgan fingerprint density at radius 1 is 1.05 bits per heavy atom. The third-order valence-corrected chi connectivity index (χ3v) is 2.70. The molecule has 0 aromatic heterocycles. The highest BCUT2D eigenvalue weighted by Crippen LogP contribution is 2.08. The molecule has 0 bridgehead atoms. The standard InChI is InChI=1S/C13H17N3O3/c1-9(13(19)10-5-3-2-4-6-10)16(7-11(14)17)8-12(15)18/h2-6,9H,7-8H2,1H3,(H2,14,17)(H2,15,18). The van der Waals surface area contributed by atoms with Gasteiger partial charge in [-0.05, 0) is 6.92 Å². The lowest BCUT2D eigenvalue weighted by Gasteiger charge is -2.25. The van der Waals surface area contributed by atoms with Crippen LogP contribution in [0.5, 0.6) is 0 Å². The molecule has 0 aliphatic heterocycles. The van der Waals surface area contributed by atoms with Gasteiger partial charge in [0.25, 0.3) is 0 Å². The van der Waals surface area contributed by atoms with Gasteiger partial charge in [-0.3, -0.25) is 19.3 Å². The smallest absolute Gasteiger partial charge is 0.231 e. The van der Waals surface area contributed by atoms with Crippen LogP contribution in [-0.4, -0.2) is 41.6 Å². The van der Waals surface area contributed by atoms with Crippen molar-refractivity contribution in [2.75, 3.05) is 13.1 Å². The van der Waals surface area contributed by atoms with Gasteiger partial charge in [-0.1, -0.05) is 30.3 Å². The Morgan fingerprint density at radius 3 is 1.95 bits per heavy atom. The number of ketones is 1. The third-order valence-electron chi connectivity index (χ3n) is 2.70. The number of hydrogen-bond donors (Lipinski definition) is 2. The summed E-state index contributed by atoms with van der Waals surface area (Å²) in [5.74, 6) is -1.42. The molecule has 1 rings (SSSR count). The number of hydrogen-bond acceptors (Lipinski definition) is 4. The van der Waals surface area contributed by atoms with E-state index in [9.17, 15) is 14.4 Å². The minimum atomic E-state index is -0.651. The fraction of sp³-hybridized carbons (Fsp3) is 0.308. The summed E-state index contributed by atoms with van der Waals surface area (Å²) in [6.45, 7) is 1.23. The summed E-state index contributed by atoms with van der Waals surface area (Å²) in [5.41, 5.74) is 10.7. The Morgan fingerprint density at radius 2 is 1.53 bits per heavy atom. The molecule has 0 saturated carbocycles. The van der Waals surface area contributed by atoms with Crippen molar-refractivity contribution in [3.05, 3.63) is 35.9 Å². The fourth-order valence-corrected chi connectivity index (χ4v) is 1.74. The van der Waals surface area contributed by atoms with E-state index in [0.29, 0.717) is 5.56 Å². The molecule has 6 heteroatoms. The number of carbonyl (C=O) groups is 3. The van der Waals surface area contributed by atoms with Gasteiger partial charge in [0.05, 0.1) is 19.1 Å². The molecule has 2 amide bonds. The zero-order valence-electron chi connectivity index (χ0n) is 10.7. The molecule has 0 aliphatic rings. The van der Waals surface area contributed by atoms with Gasteiger partial charge in [0.2, 0.25) is 11.8 Å². The number of carbonyl (C=O) groups excluding carboxylic acids is 3. The van der Waals surface area contributed by atoms with E-state index in [0.717, 1.165) is 0 Å². The third kappa shape index (κ3) is 4.51. The molecule has 6 nitrogen and oxygen atoms in total. The monoisotopic (exact) mass is 263 g/mol. The van der Waals surface area contributed by atoms with Crippen LogP contribution in [0.1, 0.15) is 17.3 Å². The molecule has 0 fully saturated rings. The molecule has 0 spiro atoms. The predicted molar refractivity (Wildman–Crippen MR) is 70.2 cm³/mol. The molecular formula is C13H17N3O3. The number of nitrogens with two attached hydrogens (primary N) is 2. The van der Waals surface area contributed by atoms with E-state index in [1.165, 1.54) is 4.90 Å². The minimum absolute atomic E-state index is 0.192. The molecule has 0 aliphatic carbocycles.